The van der Waals surface area contributed by atoms with Gasteiger partial charge in [-0.2, -0.15) is 0 Å². The summed E-state index contributed by atoms with van der Waals surface area (Å²) < 4.78 is 12.9. The molecule has 0 amide bonds. The molecule has 15 heavy (non-hydrogen) atoms. The molecule has 2 N–H and O–H groups in total. The zero-order chi connectivity index (χ0) is 10.8. The Bertz CT molecular complexity index is 353. The molecule has 0 aliphatic carbocycles. The molecular formula is C12H16FNO. The van der Waals surface area contributed by atoms with Gasteiger partial charge in [0.25, 0.3) is 0 Å². The van der Waals surface area contributed by atoms with E-state index < -0.39 is 0 Å². The Kier molecular flexibility index (Phi) is 3.03. The van der Waals surface area contributed by atoms with Gasteiger partial charge in [-0.3, -0.25) is 0 Å². The maximum Gasteiger partial charge on any atom is 0.123 e. The first-order valence-electron chi connectivity index (χ1n) is 5.33. The topological polar surface area (TPSA) is 32.3 Å². The summed E-state index contributed by atoms with van der Waals surface area (Å²) in [6.07, 6.45) is 0.552. The van der Waals surface area contributed by atoms with Crippen LogP contribution in [0.25, 0.3) is 0 Å². The minimum absolute atomic E-state index is 0.145. The van der Waals surface area contributed by atoms with E-state index in [0.29, 0.717) is 6.54 Å². The van der Waals surface area contributed by atoms with Gasteiger partial charge in [-0.15, -0.1) is 0 Å². The van der Waals surface area contributed by atoms with Crippen molar-refractivity contribution in [3.8, 4) is 0 Å². The van der Waals surface area contributed by atoms with Gasteiger partial charge >= 0.3 is 0 Å². The van der Waals surface area contributed by atoms with Crippen molar-refractivity contribution < 1.29 is 9.50 Å². The van der Waals surface area contributed by atoms with Crippen molar-refractivity contribution in [1.29, 1.82) is 0 Å². The van der Waals surface area contributed by atoms with Gasteiger partial charge in [-0.25, -0.2) is 4.39 Å². The number of nitrogens with one attached hydrogen (secondary N) is 1. The van der Waals surface area contributed by atoms with Crippen LogP contribution in [-0.4, -0.2) is 24.3 Å². The molecule has 0 spiro atoms. The first kappa shape index (κ1) is 10.6. The number of halogens is 1. The highest BCUT2D eigenvalue weighted by atomic mass is 19.1. The third-order valence-electron chi connectivity index (χ3n) is 3.08. The molecule has 3 heteroatoms. The molecule has 1 aliphatic rings. The molecule has 1 saturated heterocycles. The standard InChI is InChI=1S/C12H16FNO/c1-8-6-9(13)2-3-10(8)11-4-5-14-7-12(11)15/h2-3,6,11-12,14-15H,4-5,7H2,1H3/t11-,12+/m0/s1. The first-order valence-corrected chi connectivity index (χ1v) is 5.33. The second-order valence-corrected chi connectivity index (χ2v) is 4.17. The van der Waals surface area contributed by atoms with E-state index in [-0.39, 0.29) is 17.8 Å². The Hall–Kier alpha value is -0.930. The molecule has 2 nitrogen and oxygen atoms in total. The fourth-order valence-electron chi connectivity index (χ4n) is 2.26. The SMILES string of the molecule is Cc1cc(F)ccc1[C@@H]1CCNC[C@H]1O. The van der Waals surface area contributed by atoms with Crippen molar-refractivity contribution in [3.05, 3.63) is 35.1 Å². The minimum Gasteiger partial charge on any atom is -0.391 e. The maximum absolute atomic E-state index is 12.9. The third kappa shape index (κ3) is 2.19. The van der Waals surface area contributed by atoms with Crippen molar-refractivity contribution in [3.63, 3.8) is 0 Å². The summed E-state index contributed by atoms with van der Waals surface area (Å²) in [5.41, 5.74) is 2.01. The molecular weight excluding hydrogens is 193 g/mol. The predicted molar refractivity (Wildman–Crippen MR) is 57.4 cm³/mol. The third-order valence-corrected chi connectivity index (χ3v) is 3.08. The summed E-state index contributed by atoms with van der Waals surface area (Å²) in [6.45, 7) is 3.44. The Labute approximate surface area is 89.1 Å². The van der Waals surface area contributed by atoms with Crippen LogP contribution in [0.2, 0.25) is 0 Å². The highest BCUT2D eigenvalue weighted by molar-refractivity contribution is 5.31. The molecule has 0 unspecified atom stereocenters. The van der Waals surface area contributed by atoms with Crippen LogP contribution in [0, 0.1) is 12.7 Å². The first-order chi connectivity index (χ1) is 7.18. The number of benzene rings is 1. The molecule has 82 valence electrons. The number of aliphatic hydroxyl groups excluding tert-OH is 1. The van der Waals surface area contributed by atoms with Gasteiger partial charge < -0.3 is 10.4 Å². The summed E-state index contributed by atoms with van der Waals surface area (Å²) in [6, 6.07) is 4.80. The van der Waals surface area contributed by atoms with Gasteiger partial charge in [0.15, 0.2) is 0 Å². The summed E-state index contributed by atoms with van der Waals surface area (Å²) in [5.74, 6) is -0.0634. The molecule has 1 aromatic rings. The van der Waals surface area contributed by atoms with E-state index in [4.69, 9.17) is 0 Å². The highest BCUT2D eigenvalue weighted by Crippen LogP contribution is 2.28. The van der Waals surface area contributed by atoms with Crippen molar-refractivity contribution in [2.45, 2.75) is 25.4 Å². The number of hydrogen-bond donors (Lipinski definition) is 2. The fourth-order valence-corrected chi connectivity index (χ4v) is 2.26. The Balaban J connectivity index is 2.27. The Morgan fingerprint density at radius 1 is 1.47 bits per heavy atom. The smallest absolute Gasteiger partial charge is 0.123 e. The second-order valence-electron chi connectivity index (χ2n) is 4.17. The van der Waals surface area contributed by atoms with Crippen molar-refractivity contribution >= 4 is 0 Å². The Morgan fingerprint density at radius 3 is 2.93 bits per heavy atom. The Morgan fingerprint density at radius 2 is 2.27 bits per heavy atom. The molecule has 1 heterocycles. The van der Waals surface area contributed by atoms with Crippen molar-refractivity contribution in [1.82, 2.24) is 5.32 Å². The molecule has 0 saturated carbocycles. The summed E-state index contributed by atoms with van der Waals surface area (Å²) >= 11 is 0. The molecule has 0 radical (unpaired) electrons. The van der Waals surface area contributed by atoms with Crippen LogP contribution in [0.1, 0.15) is 23.5 Å². The average Bonchev–Trinajstić information content (AvgIpc) is 2.20. The van der Waals surface area contributed by atoms with E-state index in [1.807, 2.05) is 6.92 Å². The lowest BCUT2D eigenvalue weighted by molar-refractivity contribution is 0.118. The van der Waals surface area contributed by atoms with Crippen LogP contribution < -0.4 is 5.32 Å². The van der Waals surface area contributed by atoms with Gasteiger partial charge in [0, 0.05) is 12.5 Å². The van der Waals surface area contributed by atoms with E-state index in [9.17, 15) is 9.50 Å². The minimum atomic E-state index is -0.358. The van der Waals surface area contributed by atoms with Crippen LogP contribution in [0.3, 0.4) is 0 Å². The van der Waals surface area contributed by atoms with Gasteiger partial charge in [0.05, 0.1) is 6.10 Å². The highest BCUT2D eigenvalue weighted by Gasteiger charge is 2.25. The molecule has 2 rings (SSSR count). The quantitative estimate of drug-likeness (QED) is 0.736. The molecule has 1 aromatic carbocycles. The number of hydrogen-bond acceptors (Lipinski definition) is 2. The molecule has 0 bridgehead atoms. The molecule has 1 aliphatic heterocycles. The van der Waals surface area contributed by atoms with Gasteiger partial charge in [0.2, 0.25) is 0 Å². The lowest BCUT2D eigenvalue weighted by Gasteiger charge is -2.29. The van der Waals surface area contributed by atoms with Gasteiger partial charge in [-0.1, -0.05) is 6.07 Å². The van der Waals surface area contributed by atoms with E-state index in [1.54, 1.807) is 6.07 Å². The zero-order valence-electron chi connectivity index (χ0n) is 8.83. The number of β-amino-alcohol motifs (C(OH)–C–C–N with tert-alkyl or cyclic N) is 1. The number of rotatable bonds is 1. The molecule has 2 atom stereocenters. The predicted octanol–water partition coefficient (Wildman–Crippen LogP) is 1.57. The number of aliphatic hydroxyl groups is 1. The van der Waals surface area contributed by atoms with Crippen LogP contribution in [0.4, 0.5) is 4.39 Å². The summed E-state index contributed by atoms with van der Waals surface area (Å²) in [7, 11) is 0. The average molecular weight is 209 g/mol. The second kappa shape index (κ2) is 4.29. The monoisotopic (exact) mass is 209 g/mol. The van der Waals surface area contributed by atoms with Crippen LogP contribution in [-0.2, 0) is 0 Å². The van der Waals surface area contributed by atoms with E-state index in [1.165, 1.54) is 12.1 Å². The fraction of sp³-hybridized carbons (Fsp3) is 0.500. The molecule has 0 aromatic heterocycles. The van der Waals surface area contributed by atoms with E-state index in [2.05, 4.69) is 5.32 Å². The van der Waals surface area contributed by atoms with Crippen LogP contribution in [0.15, 0.2) is 18.2 Å². The lowest BCUT2D eigenvalue weighted by Crippen LogP contribution is -2.39. The summed E-state index contributed by atoms with van der Waals surface area (Å²) in [5, 5.41) is 13.0. The van der Waals surface area contributed by atoms with E-state index >= 15 is 0 Å². The van der Waals surface area contributed by atoms with E-state index in [0.717, 1.165) is 24.1 Å². The van der Waals surface area contributed by atoms with Crippen LogP contribution >= 0.6 is 0 Å². The lowest BCUT2D eigenvalue weighted by atomic mass is 9.85. The van der Waals surface area contributed by atoms with Crippen LogP contribution in [0.5, 0.6) is 0 Å². The van der Waals surface area contributed by atoms with Gasteiger partial charge in [-0.05, 0) is 43.1 Å². The van der Waals surface area contributed by atoms with Crippen molar-refractivity contribution in [2.75, 3.05) is 13.1 Å². The van der Waals surface area contributed by atoms with Gasteiger partial charge in [0.1, 0.15) is 5.82 Å². The molecule has 1 fully saturated rings. The largest absolute Gasteiger partial charge is 0.391 e. The number of aryl methyl sites for hydroxylation is 1. The number of piperidine rings is 1. The van der Waals surface area contributed by atoms with Crippen molar-refractivity contribution in [2.24, 2.45) is 0 Å². The normalized spacial score (nSPS) is 26.6. The summed E-state index contributed by atoms with van der Waals surface area (Å²) in [4.78, 5) is 0. The zero-order valence-corrected chi connectivity index (χ0v) is 8.83. The maximum atomic E-state index is 12.9.